The lowest BCUT2D eigenvalue weighted by molar-refractivity contribution is -0.402. The van der Waals surface area contributed by atoms with Crippen molar-refractivity contribution in [2.75, 3.05) is 23.3 Å². The first kappa shape index (κ1) is 14.9. The van der Waals surface area contributed by atoms with Crippen molar-refractivity contribution in [3.63, 3.8) is 0 Å². The molecule has 3 heterocycles. The number of carbonyl (C=O) groups excluding carboxylic acids is 1. The number of aromatic nitrogens is 2. The smallest absolute Gasteiger partial charge is 0.395 e. The Kier molecular flexibility index (Phi) is 4.18. The minimum Gasteiger partial charge on any atom is -0.395 e. The summed E-state index contributed by atoms with van der Waals surface area (Å²) < 4.78 is 4.84. The summed E-state index contributed by atoms with van der Waals surface area (Å²) in [5, 5.41) is 13.1. The van der Waals surface area contributed by atoms with Crippen LogP contribution >= 0.6 is 0 Å². The maximum atomic E-state index is 11.9. The molecule has 3 rings (SSSR count). The zero-order chi connectivity index (χ0) is 16.2. The first-order valence-corrected chi connectivity index (χ1v) is 7.26. The number of hydrogen-bond acceptors (Lipinski definition) is 7. The van der Waals surface area contributed by atoms with Gasteiger partial charge in [0.2, 0.25) is 5.95 Å². The van der Waals surface area contributed by atoms with Crippen LogP contribution in [-0.4, -0.2) is 33.9 Å². The Morgan fingerprint density at radius 1 is 1.22 bits per heavy atom. The second-order valence-corrected chi connectivity index (χ2v) is 5.17. The molecule has 0 spiro atoms. The molecule has 0 aromatic carbocycles. The summed E-state index contributed by atoms with van der Waals surface area (Å²) in [5.74, 6) is -0.576. The SMILES string of the molecule is O=C(Nc1cnc(N2CCCCC2)nc1)c1ccc([N+](=O)[O-])o1. The Bertz CT molecular complexity index is 706. The van der Waals surface area contributed by atoms with E-state index >= 15 is 0 Å². The maximum Gasteiger partial charge on any atom is 0.433 e. The van der Waals surface area contributed by atoms with Crippen molar-refractivity contribution in [3.8, 4) is 0 Å². The number of piperidine rings is 1. The molecular weight excluding hydrogens is 302 g/mol. The van der Waals surface area contributed by atoms with Crippen LogP contribution in [0.4, 0.5) is 17.5 Å². The number of carbonyl (C=O) groups is 1. The third kappa shape index (κ3) is 3.44. The van der Waals surface area contributed by atoms with Crippen molar-refractivity contribution >= 4 is 23.4 Å². The van der Waals surface area contributed by atoms with E-state index in [0.717, 1.165) is 32.0 Å². The van der Waals surface area contributed by atoms with E-state index in [9.17, 15) is 14.9 Å². The van der Waals surface area contributed by atoms with Gasteiger partial charge in [-0.05, 0) is 25.3 Å². The van der Waals surface area contributed by atoms with Gasteiger partial charge in [0.05, 0.1) is 24.1 Å². The molecule has 1 aliphatic rings. The van der Waals surface area contributed by atoms with Crippen molar-refractivity contribution in [2.24, 2.45) is 0 Å². The first-order chi connectivity index (χ1) is 11.1. The molecule has 2 aromatic heterocycles. The van der Waals surface area contributed by atoms with Gasteiger partial charge in [0.1, 0.15) is 4.92 Å². The minimum absolute atomic E-state index is 0.142. The molecule has 9 heteroatoms. The summed E-state index contributed by atoms with van der Waals surface area (Å²) in [6.45, 7) is 1.86. The molecular formula is C14H15N5O4. The zero-order valence-corrected chi connectivity index (χ0v) is 12.3. The average molecular weight is 317 g/mol. The number of nitrogens with zero attached hydrogens (tertiary/aromatic N) is 4. The monoisotopic (exact) mass is 317 g/mol. The molecule has 23 heavy (non-hydrogen) atoms. The van der Waals surface area contributed by atoms with E-state index in [1.807, 2.05) is 0 Å². The third-order valence-electron chi connectivity index (χ3n) is 3.53. The van der Waals surface area contributed by atoms with Gasteiger partial charge >= 0.3 is 5.88 Å². The maximum absolute atomic E-state index is 11.9. The van der Waals surface area contributed by atoms with Crippen LogP contribution in [-0.2, 0) is 0 Å². The molecule has 9 nitrogen and oxygen atoms in total. The van der Waals surface area contributed by atoms with Crippen molar-refractivity contribution in [1.29, 1.82) is 0 Å². The lowest BCUT2D eigenvalue weighted by Gasteiger charge is -2.26. The summed E-state index contributed by atoms with van der Waals surface area (Å²) in [7, 11) is 0. The Hall–Kier alpha value is -2.97. The standard InChI is InChI=1S/C14H15N5O4/c20-13(11-4-5-12(23-11)19(21)22)17-10-8-15-14(16-9-10)18-6-2-1-3-7-18/h4-5,8-9H,1-3,6-7H2,(H,17,20). The summed E-state index contributed by atoms with van der Waals surface area (Å²) in [6.07, 6.45) is 6.48. The van der Waals surface area contributed by atoms with Gasteiger partial charge in [0, 0.05) is 13.1 Å². The summed E-state index contributed by atoms with van der Waals surface area (Å²) in [4.78, 5) is 32.4. The molecule has 0 saturated carbocycles. The molecule has 0 radical (unpaired) electrons. The van der Waals surface area contributed by atoms with Crippen LogP contribution in [0, 0.1) is 10.1 Å². The molecule has 120 valence electrons. The Morgan fingerprint density at radius 2 is 1.91 bits per heavy atom. The highest BCUT2D eigenvalue weighted by molar-refractivity contribution is 6.02. The van der Waals surface area contributed by atoms with E-state index in [2.05, 4.69) is 20.2 Å². The van der Waals surface area contributed by atoms with Gasteiger partial charge in [-0.1, -0.05) is 0 Å². The van der Waals surface area contributed by atoms with Gasteiger partial charge in [-0.2, -0.15) is 0 Å². The average Bonchev–Trinajstić information content (AvgIpc) is 3.07. The highest BCUT2D eigenvalue weighted by Gasteiger charge is 2.18. The van der Waals surface area contributed by atoms with Crippen LogP contribution in [0.5, 0.6) is 0 Å². The fourth-order valence-corrected chi connectivity index (χ4v) is 2.38. The molecule has 0 unspecified atom stereocenters. The van der Waals surface area contributed by atoms with Gasteiger partial charge in [0.15, 0.2) is 5.76 Å². The number of nitrogens with one attached hydrogen (secondary N) is 1. The molecule has 1 fully saturated rings. The predicted molar refractivity (Wildman–Crippen MR) is 81.4 cm³/mol. The number of rotatable bonds is 4. The van der Waals surface area contributed by atoms with Gasteiger partial charge in [0.25, 0.3) is 5.91 Å². The first-order valence-electron chi connectivity index (χ1n) is 7.26. The normalized spacial score (nSPS) is 14.5. The minimum atomic E-state index is -0.701. The molecule has 1 N–H and O–H groups in total. The quantitative estimate of drug-likeness (QED) is 0.679. The van der Waals surface area contributed by atoms with E-state index in [4.69, 9.17) is 4.42 Å². The number of hydrogen-bond donors (Lipinski definition) is 1. The second-order valence-electron chi connectivity index (χ2n) is 5.17. The largest absolute Gasteiger partial charge is 0.433 e. The molecule has 1 saturated heterocycles. The fourth-order valence-electron chi connectivity index (χ4n) is 2.38. The number of nitro groups is 1. The van der Waals surface area contributed by atoms with Crippen LogP contribution in [0.3, 0.4) is 0 Å². The van der Waals surface area contributed by atoms with Crippen molar-refractivity contribution in [1.82, 2.24) is 9.97 Å². The van der Waals surface area contributed by atoms with Gasteiger partial charge in [-0.15, -0.1) is 0 Å². The van der Waals surface area contributed by atoms with Crippen LogP contribution < -0.4 is 10.2 Å². The van der Waals surface area contributed by atoms with Crippen molar-refractivity contribution < 1.29 is 14.1 Å². The summed E-state index contributed by atoms with van der Waals surface area (Å²) >= 11 is 0. The van der Waals surface area contributed by atoms with Gasteiger partial charge < -0.3 is 14.6 Å². The van der Waals surface area contributed by atoms with E-state index in [1.165, 1.54) is 24.9 Å². The molecule has 1 aliphatic heterocycles. The molecule has 0 aliphatic carbocycles. The van der Waals surface area contributed by atoms with E-state index in [1.54, 1.807) is 0 Å². The van der Waals surface area contributed by atoms with Crippen LogP contribution in [0.25, 0.3) is 0 Å². The Morgan fingerprint density at radius 3 is 2.52 bits per heavy atom. The summed E-state index contributed by atoms with van der Waals surface area (Å²) in [5.41, 5.74) is 0.398. The predicted octanol–water partition coefficient (Wildman–Crippen LogP) is 2.22. The molecule has 0 atom stereocenters. The topological polar surface area (TPSA) is 114 Å². The van der Waals surface area contributed by atoms with Crippen LogP contribution in [0.2, 0.25) is 0 Å². The third-order valence-corrected chi connectivity index (χ3v) is 3.53. The second kappa shape index (κ2) is 6.42. The highest BCUT2D eigenvalue weighted by Crippen LogP contribution is 2.18. The van der Waals surface area contributed by atoms with E-state index in [-0.39, 0.29) is 5.76 Å². The summed E-state index contributed by atoms with van der Waals surface area (Å²) in [6, 6.07) is 2.38. The lowest BCUT2D eigenvalue weighted by Crippen LogP contribution is -2.30. The van der Waals surface area contributed by atoms with E-state index < -0.39 is 16.7 Å². The molecule has 0 bridgehead atoms. The van der Waals surface area contributed by atoms with Gasteiger partial charge in [-0.25, -0.2) is 9.97 Å². The lowest BCUT2D eigenvalue weighted by atomic mass is 10.1. The molecule has 1 amide bonds. The number of amides is 1. The number of furan rings is 1. The Balaban J connectivity index is 1.65. The van der Waals surface area contributed by atoms with Gasteiger partial charge in [-0.3, -0.25) is 14.9 Å². The van der Waals surface area contributed by atoms with Crippen LogP contribution in [0.15, 0.2) is 28.9 Å². The van der Waals surface area contributed by atoms with Crippen molar-refractivity contribution in [2.45, 2.75) is 19.3 Å². The fraction of sp³-hybridized carbons (Fsp3) is 0.357. The highest BCUT2D eigenvalue weighted by atomic mass is 16.6. The molecule has 2 aromatic rings. The van der Waals surface area contributed by atoms with Crippen LogP contribution in [0.1, 0.15) is 29.8 Å². The van der Waals surface area contributed by atoms with Crippen molar-refractivity contribution in [3.05, 3.63) is 40.4 Å². The number of anilines is 2. The van der Waals surface area contributed by atoms with E-state index in [0.29, 0.717) is 11.6 Å². The Labute approximate surface area is 131 Å². The zero-order valence-electron chi connectivity index (χ0n) is 12.3.